The molecule has 0 saturated heterocycles. The third-order valence-corrected chi connectivity index (χ3v) is 1.36. The van der Waals surface area contributed by atoms with Gasteiger partial charge in [0.2, 0.25) is 0 Å². The van der Waals surface area contributed by atoms with Crippen LogP contribution in [0.15, 0.2) is 0 Å². The van der Waals surface area contributed by atoms with Gasteiger partial charge in [-0.05, 0) is 6.42 Å². The van der Waals surface area contributed by atoms with Gasteiger partial charge < -0.3 is 10.1 Å². The number of thiol groups is 1. The molecule has 0 aliphatic carbocycles. The molecule has 0 spiro atoms. The van der Waals surface area contributed by atoms with Crippen LogP contribution in [0.4, 0.5) is 0 Å². The monoisotopic (exact) mass is 193 g/mol. The summed E-state index contributed by atoms with van der Waals surface area (Å²) < 4.78 is 4.89. The maximum atomic E-state index is 10.6. The first-order valence-electron chi connectivity index (χ1n) is 3.20. The van der Waals surface area contributed by atoms with E-state index in [1.54, 1.807) is 0 Å². The molecule has 3 nitrogen and oxygen atoms in total. The van der Waals surface area contributed by atoms with Crippen molar-refractivity contribution >= 4 is 35.1 Å². The Hall–Kier alpha value is -0.290. The molecule has 0 unspecified atom stereocenters. The second-order valence-electron chi connectivity index (χ2n) is 1.91. The minimum Gasteiger partial charge on any atom is -0.469 e. The largest absolute Gasteiger partial charge is 0.469 e. The fraction of sp³-hybridized carbons (Fsp3) is 0.667. The molecular weight excluding hydrogens is 182 g/mol. The highest BCUT2D eigenvalue weighted by Gasteiger charge is 1.98. The van der Waals surface area contributed by atoms with Gasteiger partial charge in [0.15, 0.2) is 0 Å². The van der Waals surface area contributed by atoms with Crippen molar-refractivity contribution < 1.29 is 9.53 Å². The van der Waals surface area contributed by atoms with Crippen molar-refractivity contribution in [3.63, 3.8) is 0 Å². The summed E-state index contributed by atoms with van der Waals surface area (Å²) in [6.07, 6.45) is 1.13. The molecule has 0 rings (SSSR count). The molecule has 0 atom stereocenters. The van der Waals surface area contributed by atoms with Crippen LogP contribution >= 0.6 is 24.8 Å². The van der Waals surface area contributed by atoms with Gasteiger partial charge in [-0.2, -0.15) is 0 Å². The summed E-state index contributed by atoms with van der Waals surface area (Å²) in [4.78, 5) is 10.6. The highest BCUT2D eigenvalue weighted by atomic mass is 32.1. The van der Waals surface area contributed by atoms with Gasteiger partial charge in [-0.15, -0.1) is 12.6 Å². The van der Waals surface area contributed by atoms with Crippen molar-refractivity contribution in [3.05, 3.63) is 0 Å². The molecule has 0 aromatic carbocycles. The Kier molecular flexibility index (Phi) is 6.25. The van der Waals surface area contributed by atoms with E-state index in [-0.39, 0.29) is 5.97 Å². The summed E-state index contributed by atoms with van der Waals surface area (Å²) in [6.45, 7) is 0.664. The zero-order valence-electron chi connectivity index (χ0n) is 6.29. The van der Waals surface area contributed by atoms with Crippen LogP contribution in [0.25, 0.3) is 0 Å². The van der Waals surface area contributed by atoms with E-state index in [1.165, 1.54) is 7.11 Å². The number of hydrogen-bond acceptors (Lipinski definition) is 3. The predicted octanol–water partition coefficient (Wildman–Crippen LogP) is 0.744. The third kappa shape index (κ3) is 7.61. The van der Waals surface area contributed by atoms with Crippen LogP contribution in [0.2, 0.25) is 0 Å². The van der Waals surface area contributed by atoms with Gasteiger partial charge in [0.05, 0.1) is 7.11 Å². The quantitative estimate of drug-likeness (QED) is 0.299. The highest BCUT2D eigenvalue weighted by molar-refractivity contribution is 8.11. The van der Waals surface area contributed by atoms with Crippen molar-refractivity contribution in [2.75, 3.05) is 13.7 Å². The van der Waals surface area contributed by atoms with Crippen molar-refractivity contribution in [2.24, 2.45) is 0 Å². The molecule has 0 amide bonds. The SMILES string of the molecule is COC(=O)CCCNC(=S)S. The predicted molar refractivity (Wildman–Crippen MR) is 50.8 cm³/mol. The lowest BCUT2D eigenvalue weighted by molar-refractivity contribution is -0.140. The van der Waals surface area contributed by atoms with E-state index in [0.29, 0.717) is 23.7 Å². The lowest BCUT2D eigenvalue weighted by Gasteiger charge is -2.01. The van der Waals surface area contributed by atoms with Crippen molar-refractivity contribution in [2.45, 2.75) is 12.8 Å². The fourth-order valence-electron chi connectivity index (χ4n) is 0.530. The minimum absolute atomic E-state index is 0.197. The topological polar surface area (TPSA) is 38.3 Å². The van der Waals surface area contributed by atoms with Crippen molar-refractivity contribution in [1.82, 2.24) is 5.32 Å². The smallest absolute Gasteiger partial charge is 0.305 e. The Morgan fingerprint density at radius 1 is 1.73 bits per heavy atom. The number of esters is 1. The summed E-state index contributed by atoms with van der Waals surface area (Å²) in [5, 5.41) is 2.81. The Balaban J connectivity index is 3.14. The molecule has 0 bridgehead atoms. The van der Waals surface area contributed by atoms with Gasteiger partial charge >= 0.3 is 5.97 Å². The standard InChI is InChI=1S/C6H11NO2S2/c1-9-5(8)3-2-4-7-6(10)11/h2-4H2,1H3,(H2,7,10,11). The average Bonchev–Trinajstić information content (AvgIpc) is 1.97. The number of nitrogens with one attached hydrogen (secondary N) is 1. The van der Waals surface area contributed by atoms with Gasteiger partial charge in [-0.25, -0.2) is 0 Å². The minimum atomic E-state index is -0.197. The lowest BCUT2D eigenvalue weighted by atomic mass is 10.3. The molecule has 0 aliphatic heterocycles. The fourth-order valence-corrected chi connectivity index (χ4v) is 0.744. The number of carbonyl (C=O) groups is 1. The lowest BCUT2D eigenvalue weighted by Crippen LogP contribution is -2.18. The highest BCUT2D eigenvalue weighted by Crippen LogP contribution is 1.90. The molecule has 0 fully saturated rings. The van der Waals surface area contributed by atoms with Crippen LogP contribution in [-0.2, 0) is 9.53 Å². The van der Waals surface area contributed by atoms with Gasteiger partial charge in [0.25, 0.3) is 0 Å². The molecule has 0 aliphatic rings. The van der Waals surface area contributed by atoms with E-state index in [0.717, 1.165) is 0 Å². The normalized spacial score (nSPS) is 8.91. The zero-order valence-corrected chi connectivity index (χ0v) is 8.00. The van der Waals surface area contributed by atoms with E-state index >= 15 is 0 Å². The Morgan fingerprint density at radius 3 is 2.82 bits per heavy atom. The van der Waals surface area contributed by atoms with E-state index in [4.69, 9.17) is 0 Å². The van der Waals surface area contributed by atoms with Crippen LogP contribution in [0.3, 0.4) is 0 Å². The zero-order chi connectivity index (χ0) is 8.69. The maximum absolute atomic E-state index is 10.6. The molecule has 0 heterocycles. The van der Waals surface area contributed by atoms with Crippen LogP contribution in [0, 0.1) is 0 Å². The van der Waals surface area contributed by atoms with E-state index in [9.17, 15) is 4.79 Å². The first kappa shape index (κ1) is 10.7. The summed E-state index contributed by atoms with van der Waals surface area (Å²) in [6, 6.07) is 0. The number of ether oxygens (including phenoxy) is 1. The molecule has 0 radical (unpaired) electrons. The Bertz CT molecular complexity index is 150. The summed E-state index contributed by atoms with van der Waals surface area (Å²) in [5.41, 5.74) is 0. The first-order valence-corrected chi connectivity index (χ1v) is 4.06. The van der Waals surface area contributed by atoms with Crippen molar-refractivity contribution in [1.29, 1.82) is 0 Å². The van der Waals surface area contributed by atoms with E-state index < -0.39 is 0 Å². The van der Waals surface area contributed by atoms with E-state index in [1.807, 2.05) is 0 Å². The van der Waals surface area contributed by atoms with Gasteiger partial charge in [-0.1, -0.05) is 12.2 Å². The first-order chi connectivity index (χ1) is 5.16. The molecule has 0 saturated carbocycles. The third-order valence-electron chi connectivity index (χ3n) is 1.06. The van der Waals surface area contributed by atoms with Gasteiger partial charge in [-0.3, -0.25) is 4.79 Å². The number of methoxy groups -OCH3 is 1. The summed E-state index contributed by atoms with van der Waals surface area (Å²) in [5.74, 6) is -0.197. The van der Waals surface area contributed by atoms with E-state index in [2.05, 4.69) is 34.9 Å². The maximum Gasteiger partial charge on any atom is 0.305 e. The molecule has 5 heteroatoms. The van der Waals surface area contributed by atoms with Gasteiger partial charge in [0.1, 0.15) is 4.32 Å². The Morgan fingerprint density at radius 2 is 2.36 bits per heavy atom. The molecule has 1 N–H and O–H groups in total. The average molecular weight is 193 g/mol. The number of hydrogen-bond donors (Lipinski definition) is 2. The summed E-state index contributed by atoms with van der Waals surface area (Å²) in [7, 11) is 1.37. The molecular formula is C6H11NO2S2. The summed E-state index contributed by atoms with van der Waals surface area (Å²) >= 11 is 8.49. The second-order valence-corrected chi connectivity index (χ2v) is 3.07. The molecule has 11 heavy (non-hydrogen) atoms. The molecule has 64 valence electrons. The number of thiocarbonyl (C=S) groups is 1. The van der Waals surface area contributed by atoms with Gasteiger partial charge in [0, 0.05) is 13.0 Å². The number of rotatable bonds is 4. The second kappa shape index (κ2) is 6.42. The van der Waals surface area contributed by atoms with Crippen LogP contribution in [-0.4, -0.2) is 23.9 Å². The van der Waals surface area contributed by atoms with Crippen LogP contribution < -0.4 is 5.32 Å². The molecule has 0 aromatic rings. The van der Waals surface area contributed by atoms with Crippen LogP contribution in [0.5, 0.6) is 0 Å². The van der Waals surface area contributed by atoms with Crippen molar-refractivity contribution in [3.8, 4) is 0 Å². The number of carbonyl (C=O) groups excluding carboxylic acids is 1. The van der Waals surface area contributed by atoms with Crippen LogP contribution in [0.1, 0.15) is 12.8 Å². The Labute approximate surface area is 76.9 Å². The molecule has 0 aromatic heterocycles.